The van der Waals surface area contributed by atoms with Crippen LogP contribution in [-0.4, -0.2) is 36.9 Å². The smallest absolute Gasteiger partial charge is 0.233 e. The van der Waals surface area contributed by atoms with Crippen LogP contribution in [-0.2, 0) is 20.4 Å². The molecule has 0 aliphatic carbocycles. The predicted octanol–water partition coefficient (Wildman–Crippen LogP) is 3.47. The zero-order chi connectivity index (χ0) is 18.0. The Morgan fingerprint density at radius 2 is 2.00 bits per heavy atom. The summed E-state index contributed by atoms with van der Waals surface area (Å²) in [5.74, 6) is -0.368. The molecule has 5 nitrogen and oxygen atoms in total. The van der Waals surface area contributed by atoms with Crippen molar-refractivity contribution in [2.24, 2.45) is 5.41 Å². The zero-order valence-corrected chi connectivity index (χ0v) is 15.7. The molecule has 132 valence electrons. The van der Waals surface area contributed by atoms with Crippen molar-refractivity contribution in [3.63, 3.8) is 0 Å². The highest BCUT2D eigenvalue weighted by Crippen LogP contribution is 2.26. The molecule has 1 aromatic carbocycles. The van der Waals surface area contributed by atoms with Gasteiger partial charge in [0.1, 0.15) is 0 Å². The van der Waals surface area contributed by atoms with Crippen LogP contribution in [0.25, 0.3) is 10.1 Å². The van der Waals surface area contributed by atoms with E-state index in [9.17, 15) is 18.4 Å². The van der Waals surface area contributed by atoms with E-state index in [1.54, 1.807) is 11.3 Å². The number of nitrogens with zero attached hydrogens (tertiary/aromatic N) is 1. The normalized spacial score (nSPS) is 13.8. The van der Waals surface area contributed by atoms with Crippen LogP contribution >= 0.6 is 11.3 Å². The average Bonchev–Trinajstić information content (AvgIpc) is 2.90. The first-order chi connectivity index (χ1) is 11.1. The number of thiophene rings is 1. The number of hydroxylamine groups is 2. The van der Waals surface area contributed by atoms with Crippen molar-refractivity contribution in [2.45, 2.75) is 39.0 Å². The van der Waals surface area contributed by atoms with Crippen molar-refractivity contribution in [1.82, 2.24) is 5.06 Å². The summed E-state index contributed by atoms with van der Waals surface area (Å²) in [5.41, 5.74) is 0.505. The molecule has 24 heavy (non-hydrogen) atoms. The van der Waals surface area contributed by atoms with Gasteiger partial charge in [-0.1, -0.05) is 26.8 Å². The number of benzene rings is 1. The second-order valence-corrected chi connectivity index (χ2v) is 10.3. The van der Waals surface area contributed by atoms with E-state index in [0.29, 0.717) is 17.0 Å². The Morgan fingerprint density at radius 1 is 1.29 bits per heavy atom. The standard InChI is InChI=1S/C17H23NO4S2/c1-17(2,3)9-15(18(20)12-19)11-24(21,22)10-13-4-5-16-14(8-13)6-7-23-16/h4-8,12,15,20H,9-11H2,1-3H3. The highest BCUT2D eigenvalue weighted by atomic mass is 32.2. The minimum atomic E-state index is -3.47. The van der Waals surface area contributed by atoms with Crippen LogP contribution in [0.3, 0.4) is 0 Å². The molecular weight excluding hydrogens is 346 g/mol. The molecule has 0 aliphatic heterocycles. The van der Waals surface area contributed by atoms with Crippen molar-refractivity contribution in [1.29, 1.82) is 0 Å². The molecule has 0 bridgehead atoms. The molecule has 0 aliphatic rings. The van der Waals surface area contributed by atoms with Gasteiger partial charge in [-0.25, -0.2) is 13.5 Å². The Labute approximate surface area is 146 Å². The molecule has 2 aromatic rings. The minimum Gasteiger partial charge on any atom is -0.286 e. The maximum Gasteiger partial charge on any atom is 0.233 e. The van der Waals surface area contributed by atoms with E-state index in [-0.39, 0.29) is 23.3 Å². The first kappa shape index (κ1) is 18.9. The Balaban J connectivity index is 2.16. The predicted molar refractivity (Wildman–Crippen MR) is 96.9 cm³/mol. The second-order valence-electron chi connectivity index (χ2n) is 7.25. The van der Waals surface area contributed by atoms with E-state index in [0.717, 1.165) is 10.1 Å². The first-order valence-corrected chi connectivity index (χ1v) is 10.4. The Kier molecular flexibility index (Phi) is 5.67. The number of carbonyl (C=O) groups excluding carboxylic acids is 1. The van der Waals surface area contributed by atoms with Crippen molar-refractivity contribution in [2.75, 3.05) is 5.75 Å². The molecule has 0 fully saturated rings. The fraction of sp³-hybridized carbons (Fsp3) is 0.471. The van der Waals surface area contributed by atoms with Gasteiger partial charge >= 0.3 is 0 Å². The third kappa shape index (κ3) is 5.29. The van der Waals surface area contributed by atoms with Gasteiger partial charge in [-0.3, -0.25) is 10.0 Å². The third-order valence-corrected chi connectivity index (χ3v) is 6.24. The van der Waals surface area contributed by atoms with Crippen molar-refractivity contribution in [3.05, 3.63) is 35.2 Å². The van der Waals surface area contributed by atoms with Crippen LogP contribution < -0.4 is 0 Å². The van der Waals surface area contributed by atoms with E-state index >= 15 is 0 Å². The molecule has 1 N–H and O–H groups in total. The lowest BCUT2D eigenvalue weighted by Crippen LogP contribution is -2.40. The number of hydrogen-bond donors (Lipinski definition) is 1. The fourth-order valence-corrected chi connectivity index (χ4v) is 5.17. The van der Waals surface area contributed by atoms with Gasteiger partial charge < -0.3 is 0 Å². The van der Waals surface area contributed by atoms with E-state index in [2.05, 4.69) is 0 Å². The molecule has 7 heteroatoms. The minimum absolute atomic E-state index is 0.105. The largest absolute Gasteiger partial charge is 0.286 e. The zero-order valence-electron chi connectivity index (χ0n) is 14.1. The molecule has 0 saturated heterocycles. The summed E-state index contributed by atoms with van der Waals surface area (Å²) >= 11 is 1.61. The lowest BCUT2D eigenvalue weighted by atomic mass is 9.88. The van der Waals surface area contributed by atoms with Crippen LogP contribution in [0.5, 0.6) is 0 Å². The van der Waals surface area contributed by atoms with Crippen LogP contribution in [0, 0.1) is 5.41 Å². The van der Waals surface area contributed by atoms with Gasteiger partial charge in [-0.05, 0) is 46.4 Å². The number of hydrogen-bond acceptors (Lipinski definition) is 5. The second kappa shape index (κ2) is 7.21. The van der Waals surface area contributed by atoms with Crippen LogP contribution in [0.4, 0.5) is 0 Å². The van der Waals surface area contributed by atoms with Crippen molar-refractivity contribution in [3.8, 4) is 0 Å². The first-order valence-electron chi connectivity index (χ1n) is 7.69. The lowest BCUT2D eigenvalue weighted by Gasteiger charge is -2.29. The highest BCUT2D eigenvalue weighted by molar-refractivity contribution is 7.90. The van der Waals surface area contributed by atoms with Gasteiger partial charge in [0.25, 0.3) is 0 Å². The maximum atomic E-state index is 12.5. The van der Waals surface area contributed by atoms with Gasteiger partial charge in [0.05, 0.1) is 17.5 Å². The Bertz CT molecular complexity index is 805. The molecule has 2 rings (SSSR count). The van der Waals surface area contributed by atoms with Gasteiger partial charge in [0, 0.05) is 4.70 Å². The van der Waals surface area contributed by atoms with Crippen LogP contribution in [0.2, 0.25) is 0 Å². The molecule has 0 radical (unpaired) electrons. The summed E-state index contributed by atoms with van der Waals surface area (Å²) < 4.78 is 26.2. The molecule has 1 unspecified atom stereocenters. The SMILES string of the molecule is CC(C)(C)CC(CS(=O)(=O)Cc1ccc2sccc2c1)N(O)C=O. The van der Waals surface area contributed by atoms with Gasteiger partial charge in [0.2, 0.25) is 6.41 Å². The van der Waals surface area contributed by atoms with Crippen molar-refractivity contribution < 1.29 is 18.4 Å². The number of carbonyl (C=O) groups is 1. The fourth-order valence-electron chi connectivity index (χ4n) is 2.73. The molecule has 0 saturated carbocycles. The summed E-state index contributed by atoms with van der Waals surface area (Å²) in [6.07, 6.45) is 0.661. The van der Waals surface area contributed by atoms with Gasteiger partial charge in [-0.15, -0.1) is 11.3 Å². The Hall–Kier alpha value is -1.44. The highest BCUT2D eigenvalue weighted by Gasteiger charge is 2.28. The van der Waals surface area contributed by atoms with Crippen LogP contribution in [0.1, 0.15) is 32.8 Å². The molecular formula is C17H23NO4S2. The van der Waals surface area contributed by atoms with E-state index in [4.69, 9.17) is 0 Å². The molecule has 1 aromatic heterocycles. The van der Waals surface area contributed by atoms with Crippen LogP contribution in [0.15, 0.2) is 29.6 Å². The van der Waals surface area contributed by atoms with Gasteiger partial charge in [-0.2, -0.15) is 0 Å². The maximum absolute atomic E-state index is 12.5. The van der Waals surface area contributed by atoms with E-state index in [1.165, 1.54) is 0 Å². The summed E-state index contributed by atoms with van der Waals surface area (Å²) in [7, 11) is -3.47. The molecule has 1 heterocycles. The number of rotatable bonds is 7. The molecule has 0 spiro atoms. The number of amides is 1. The topological polar surface area (TPSA) is 74.7 Å². The molecule has 1 atom stereocenters. The third-order valence-electron chi connectivity index (χ3n) is 3.68. The quantitative estimate of drug-likeness (QED) is 0.461. The van der Waals surface area contributed by atoms with E-state index < -0.39 is 15.9 Å². The number of fused-ring (bicyclic) bond motifs is 1. The Morgan fingerprint density at radius 3 is 2.62 bits per heavy atom. The average molecular weight is 370 g/mol. The monoisotopic (exact) mass is 369 g/mol. The summed E-state index contributed by atoms with van der Waals surface area (Å²) in [6.45, 7) is 5.82. The summed E-state index contributed by atoms with van der Waals surface area (Å²) in [5, 5.41) is 13.2. The van der Waals surface area contributed by atoms with Crippen molar-refractivity contribution >= 4 is 37.7 Å². The molecule has 1 amide bonds. The van der Waals surface area contributed by atoms with Gasteiger partial charge in [0.15, 0.2) is 9.84 Å². The number of sulfone groups is 1. The summed E-state index contributed by atoms with van der Waals surface area (Å²) in [4.78, 5) is 10.9. The summed E-state index contributed by atoms with van der Waals surface area (Å²) in [6, 6.07) is 6.81. The van der Waals surface area contributed by atoms with E-state index in [1.807, 2.05) is 50.4 Å². The lowest BCUT2D eigenvalue weighted by molar-refractivity contribution is -0.160.